The van der Waals surface area contributed by atoms with E-state index in [4.69, 9.17) is 10.2 Å². The van der Waals surface area contributed by atoms with Gasteiger partial charge in [0, 0.05) is 31.3 Å². The molecular weight excluding hydrogens is 386 g/mol. The molecule has 1 aliphatic heterocycles. The van der Waals surface area contributed by atoms with Gasteiger partial charge in [-0.25, -0.2) is 22.0 Å². The quantitative estimate of drug-likeness (QED) is 0.533. The molecule has 0 saturated carbocycles. The van der Waals surface area contributed by atoms with E-state index < -0.39 is 20.0 Å². The first-order chi connectivity index (χ1) is 11.6. The fourth-order valence-corrected chi connectivity index (χ4v) is 6.94. The number of aliphatic hydroxyl groups excluding tert-OH is 1. The largest absolute Gasteiger partial charge is 0.396 e. The van der Waals surface area contributed by atoms with Crippen molar-refractivity contribution < 1.29 is 21.9 Å². The highest BCUT2D eigenvalue weighted by Gasteiger charge is 2.39. The van der Waals surface area contributed by atoms with Gasteiger partial charge in [0.15, 0.2) is 0 Å². The summed E-state index contributed by atoms with van der Waals surface area (Å²) >= 11 is 0.698. The molecule has 144 valence electrons. The molecule has 1 aromatic rings. The van der Waals surface area contributed by atoms with Crippen molar-refractivity contribution in [1.29, 1.82) is 0 Å². The number of nitrogens with zero attached hydrogens (tertiary/aromatic N) is 1. The van der Waals surface area contributed by atoms with E-state index in [1.54, 1.807) is 0 Å². The van der Waals surface area contributed by atoms with E-state index in [1.807, 2.05) is 13.8 Å². The maximum Gasteiger partial charge on any atom is 0.252 e. The van der Waals surface area contributed by atoms with E-state index in [9.17, 15) is 16.8 Å². The average molecular weight is 412 g/mol. The summed E-state index contributed by atoms with van der Waals surface area (Å²) in [5, 5.41) is 17.4. The van der Waals surface area contributed by atoms with Crippen LogP contribution in [0, 0.1) is 5.92 Å². The third-order valence-electron chi connectivity index (χ3n) is 3.91. The summed E-state index contributed by atoms with van der Waals surface area (Å²) in [5.41, 5.74) is 0.466. The fraction of sp³-hybridized carbons (Fsp3) is 0.714. The monoisotopic (exact) mass is 411 g/mol. The first kappa shape index (κ1) is 20.7. The van der Waals surface area contributed by atoms with Gasteiger partial charge in [-0.05, 0) is 31.4 Å². The lowest BCUT2D eigenvalue weighted by molar-refractivity contribution is 0.270. The van der Waals surface area contributed by atoms with E-state index in [0.29, 0.717) is 42.2 Å². The zero-order chi connectivity index (χ0) is 18.8. The van der Waals surface area contributed by atoms with Crippen molar-refractivity contribution >= 4 is 31.4 Å². The van der Waals surface area contributed by atoms with Gasteiger partial charge in [-0.2, -0.15) is 4.31 Å². The Hall–Kier alpha value is -0.560. The van der Waals surface area contributed by atoms with Gasteiger partial charge in [0.1, 0.15) is 8.42 Å². The first-order valence-corrected chi connectivity index (χ1v) is 11.9. The second-order valence-corrected chi connectivity index (χ2v) is 11.5. The Labute approximate surface area is 153 Å². The molecule has 2 rings (SSSR count). The molecule has 0 aromatic carbocycles. The molecule has 11 heteroatoms. The number of nitrogens with two attached hydrogens (primary N) is 1. The van der Waals surface area contributed by atoms with Gasteiger partial charge in [-0.3, -0.25) is 0 Å². The number of unbranched alkanes of at least 4 members (excludes halogenated alkanes) is 1. The van der Waals surface area contributed by atoms with Crippen LogP contribution in [0.1, 0.15) is 38.3 Å². The van der Waals surface area contributed by atoms with Crippen molar-refractivity contribution in [3.8, 4) is 0 Å². The molecule has 0 fully saturated rings. The summed E-state index contributed by atoms with van der Waals surface area (Å²) in [7, 11) is -7.73. The first-order valence-electron chi connectivity index (χ1n) is 8.08. The lowest BCUT2D eigenvalue weighted by atomic mass is 10.1. The van der Waals surface area contributed by atoms with Gasteiger partial charge in [0.25, 0.3) is 10.0 Å². The molecule has 25 heavy (non-hydrogen) atoms. The Morgan fingerprint density at radius 2 is 2.12 bits per heavy atom. The summed E-state index contributed by atoms with van der Waals surface area (Å²) in [6.07, 6.45) is 1.05. The Kier molecular flexibility index (Phi) is 6.63. The van der Waals surface area contributed by atoms with Gasteiger partial charge >= 0.3 is 0 Å². The van der Waals surface area contributed by atoms with Gasteiger partial charge < -0.3 is 10.4 Å². The summed E-state index contributed by atoms with van der Waals surface area (Å²) in [4.78, 5) is 0. The van der Waals surface area contributed by atoms with Crippen LogP contribution in [0.4, 0.5) is 0 Å². The minimum Gasteiger partial charge on any atom is -0.396 e. The second kappa shape index (κ2) is 7.99. The molecule has 1 aliphatic rings. The zero-order valence-corrected chi connectivity index (χ0v) is 16.8. The van der Waals surface area contributed by atoms with Crippen molar-refractivity contribution in [3.63, 3.8) is 0 Å². The molecule has 0 spiro atoms. The molecule has 0 amide bonds. The number of rotatable bonds is 8. The maximum atomic E-state index is 12.8. The van der Waals surface area contributed by atoms with Crippen molar-refractivity contribution in [3.05, 3.63) is 11.6 Å². The van der Waals surface area contributed by atoms with Crippen LogP contribution in [-0.4, -0.2) is 52.5 Å². The van der Waals surface area contributed by atoms with E-state index >= 15 is 0 Å². The third kappa shape index (κ3) is 4.79. The number of fused-ring (bicyclic) bond motifs is 1. The standard InChI is InChI=1S/C14H25N3O5S3/c1-10(2)8-16-12-9-17(5-3-4-6-18)25(21,22)14-11(12)7-13(23-14)24(15,19)20/h7,10,12,16,18H,3-6,8-9H2,1-2H3,(H2,15,19,20). The van der Waals surface area contributed by atoms with Crippen molar-refractivity contribution in [2.75, 3.05) is 26.2 Å². The predicted octanol–water partition coefficient (Wildman–Crippen LogP) is 0.459. The highest BCUT2D eigenvalue weighted by Crippen LogP contribution is 2.40. The molecule has 0 saturated heterocycles. The zero-order valence-electron chi connectivity index (χ0n) is 14.3. The number of hydrogen-bond donors (Lipinski definition) is 3. The number of thiophene rings is 1. The van der Waals surface area contributed by atoms with E-state index in [2.05, 4.69) is 5.32 Å². The van der Waals surface area contributed by atoms with E-state index in [1.165, 1.54) is 10.4 Å². The van der Waals surface area contributed by atoms with Crippen LogP contribution in [0.25, 0.3) is 0 Å². The molecular formula is C14H25N3O5S3. The van der Waals surface area contributed by atoms with Crippen LogP contribution in [-0.2, 0) is 20.0 Å². The Morgan fingerprint density at radius 1 is 1.44 bits per heavy atom. The van der Waals surface area contributed by atoms with Crippen LogP contribution in [0.15, 0.2) is 14.5 Å². The van der Waals surface area contributed by atoms with Gasteiger partial charge in [-0.15, -0.1) is 11.3 Å². The SMILES string of the molecule is CC(C)CNC1CN(CCCCO)S(=O)(=O)c2sc(S(N)(=O)=O)cc21. The minimum absolute atomic E-state index is 0.00271. The summed E-state index contributed by atoms with van der Waals surface area (Å²) in [6.45, 7) is 5.27. The molecule has 0 aliphatic carbocycles. The lowest BCUT2D eigenvalue weighted by Gasteiger charge is -2.33. The second-order valence-electron chi connectivity index (χ2n) is 6.50. The van der Waals surface area contributed by atoms with Gasteiger partial charge in [0.2, 0.25) is 10.0 Å². The third-order valence-corrected chi connectivity index (χ3v) is 8.87. The van der Waals surface area contributed by atoms with E-state index in [0.717, 1.165) is 0 Å². The highest BCUT2D eigenvalue weighted by atomic mass is 32.3. The summed E-state index contributed by atoms with van der Waals surface area (Å²) in [5.74, 6) is 0.362. The van der Waals surface area contributed by atoms with Gasteiger partial charge in [0.05, 0.1) is 0 Å². The molecule has 1 atom stereocenters. The Morgan fingerprint density at radius 3 is 2.68 bits per heavy atom. The Bertz CT molecular complexity index is 802. The Balaban J connectivity index is 2.41. The van der Waals surface area contributed by atoms with Crippen LogP contribution < -0.4 is 10.5 Å². The average Bonchev–Trinajstić information content (AvgIpc) is 2.95. The maximum absolute atomic E-state index is 12.8. The molecule has 0 bridgehead atoms. The number of nitrogens with one attached hydrogen (secondary N) is 1. The molecule has 1 unspecified atom stereocenters. The number of sulfonamides is 2. The van der Waals surface area contributed by atoms with Crippen molar-refractivity contribution in [2.24, 2.45) is 11.1 Å². The fourth-order valence-electron chi connectivity index (χ4n) is 2.63. The topological polar surface area (TPSA) is 130 Å². The highest BCUT2D eigenvalue weighted by molar-refractivity contribution is 7.94. The molecule has 0 radical (unpaired) electrons. The molecule has 8 nitrogen and oxygen atoms in total. The van der Waals surface area contributed by atoms with Gasteiger partial charge in [-0.1, -0.05) is 13.8 Å². The number of hydrogen-bond acceptors (Lipinski definition) is 7. The smallest absolute Gasteiger partial charge is 0.252 e. The predicted molar refractivity (Wildman–Crippen MR) is 96.4 cm³/mol. The molecule has 2 heterocycles. The minimum atomic E-state index is -3.97. The van der Waals surface area contributed by atoms with Crippen molar-refractivity contribution in [1.82, 2.24) is 9.62 Å². The summed E-state index contributed by atoms with van der Waals surface area (Å²) in [6, 6.07) is 1.08. The lowest BCUT2D eigenvalue weighted by Crippen LogP contribution is -2.44. The molecule has 1 aromatic heterocycles. The van der Waals surface area contributed by atoms with Crippen LogP contribution >= 0.6 is 11.3 Å². The number of primary sulfonamides is 1. The van der Waals surface area contributed by atoms with Crippen LogP contribution in [0.3, 0.4) is 0 Å². The van der Waals surface area contributed by atoms with Crippen LogP contribution in [0.2, 0.25) is 0 Å². The van der Waals surface area contributed by atoms with E-state index in [-0.39, 0.29) is 34.2 Å². The van der Waals surface area contributed by atoms with Crippen molar-refractivity contribution in [2.45, 2.75) is 41.1 Å². The van der Waals surface area contributed by atoms with Crippen LogP contribution in [0.5, 0.6) is 0 Å². The summed E-state index contributed by atoms with van der Waals surface area (Å²) < 4.78 is 50.2. The number of aliphatic hydroxyl groups is 1. The molecule has 4 N–H and O–H groups in total. The normalized spacial score (nSPS) is 20.8.